The first-order valence-electron chi connectivity index (χ1n) is 1.59. The molecule has 0 aliphatic heterocycles. The van der Waals surface area contributed by atoms with E-state index in [1.165, 1.54) is 12.1 Å². The second kappa shape index (κ2) is 80.8. The second-order valence-electron chi connectivity index (χ2n) is 0.447. The van der Waals surface area contributed by atoms with Gasteiger partial charge in [0.1, 0.15) is 22.1 Å². The van der Waals surface area contributed by atoms with Gasteiger partial charge in [-0.15, -0.1) is 0 Å². The Labute approximate surface area is 55.7 Å². The molecule has 50 valence electrons. The summed E-state index contributed by atoms with van der Waals surface area (Å²) in [6, 6.07) is 2.47. The molecule has 10 heavy (non-hydrogen) atoms. The highest BCUT2D eigenvalue weighted by Gasteiger charge is 1.39. The smallest absolute Gasteiger partial charge is 0.181 e. The van der Waals surface area contributed by atoms with Crippen molar-refractivity contribution in [3.8, 4) is 12.1 Å². The van der Waals surface area contributed by atoms with Crippen LogP contribution in [0, 0.1) is 44.8 Å². The van der Waals surface area contributed by atoms with Crippen LogP contribution >= 0.6 is 0 Å². The van der Waals surface area contributed by atoms with Gasteiger partial charge in [-0.1, -0.05) is 0 Å². The van der Waals surface area contributed by atoms with Crippen molar-refractivity contribution in [2.75, 3.05) is 0 Å². The molecule has 0 bridgehead atoms. The van der Waals surface area contributed by atoms with Crippen molar-refractivity contribution < 1.29 is 0 Å². The van der Waals surface area contributed by atoms with E-state index in [9.17, 15) is 0 Å². The van der Waals surface area contributed by atoms with Crippen LogP contribution in [0.25, 0.3) is 0 Å². The van der Waals surface area contributed by atoms with E-state index in [4.69, 9.17) is 32.6 Å². The first kappa shape index (κ1) is 15.6. The standard InChI is InChI=1S/C2N2.2H2N3/c3-1-2-4;2*1-3-2/h;2*1-2H/q;2*+1. The number of nitrogens with zero attached hydrogens (tertiary/aromatic N) is 4. The van der Waals surface area contributed by atoms with Gasteiger partial charge < -0.3 is 0 Å². The van der Waals surface area contributed by atoms with Crippen LogP contribution in [-0.2, 0) is 0 Å². The first-order chi connectivity index (χ1) is 4.74. The Morgan fingerprint density at radius 2 is 0.900 bits per heavy atom. The van der Waals surface area contributed by atoms with Crippen molar-refractivity contribution in [1.29, 1.82) is 32.6 Å². The third kappa shape index (κ3) is 60.5. The van der Waals surface area contributed by atoms with Gasteiger partial charge in [0.2, 0.25) is 9.82 Å². The predicted molar refractivity (Wildman–Crippen MR) is 26.4 cm³/mol. The Morgan fingerprint density at radius 1 is 0.800 bits per heavy atom. The van der Waals surface area contributed by atoms with E-state index in [-0.39, 0.29) is 0 Å². The number of nitrogens with one attached hydrogen (secondary N) is 4. The van der Waals surface area contributed by atoms with Crippen LogP contribution in [0.15, 0.2) is 0 Å². The molecule has 0 saturated heterocycles. The molecule has 0 spiro atoms. The summed E-state index contributed by atoms with van der Waals surface area (Å²) in [6.45, 7) is 0. The van der Waals surface area contributed by atoms with Gasteiger partial charge >= 0.3 is 0 Å². The lowest BCUT2D eigenvalue weighted by molar-refractivity contribution is 0.928. The number of nitriles is 2. The molecule has 4 N–H and O–H groups in total. The molecule has 0 fully saturated rings. The lowest BCUT2D eigenvalue weighted by atomic mass is 10.9. The highest BCUT2D eigenvalue weighted by atomic mass is 15.0. The third-order valence-electron chi connectivity index (χ3n) is 0.0500. The van der Waals surface area contributed by atoms with E-state index in [0.29, 0.717) is 0 Å². The van der Waals surface area contributed by atoms with Gasteiger partial charge in [0, 0.05) is 0 Å². The molecule has 8 nitrogen and oxygen atoms in total. The van der Waals surface area contributed by atoms with Crippen molar-refractivity contribution in [3.63, 3.8) is 0 Å². The summed E-state index contributed by atoms with van der Waals surface area (Å²) in [5, 5.41) is 14.5. The maximum atomic E-state index is 7.26. The summed E-state index contributed by atoms with van der Waals surface area (Å²) in [7, 11) is 0. The van der Waals surface area contributed by atoms with Gasteiger partial charge in [-0.25, -0.2) is 0 Å². The maximum Gasteiger partial charge on any atom is 0.211 e. The zero-order chi connectivity index (χ0) is 8.83. The van der Waals surface area contributed by atoms with Gasteiger partial charge in [0.05, 0.1) is 0 Å². The van der Waals surface area contributed by atoms with E-state index in [1.807, 2.05) is 9.82 Å². The number of rotatable bonds is 0. The molecular formula is C2H4N8+2. The average Bonchev–Trinajstić information content (AvgIpc) is 1.91. The largest absolute Gasteiger partial charge is 0.211 e. The van der Waals surface area contributed by atoms with Crippen LogP contribution < -0.4 is 9.82 Å². The summed E-state index contributed by atoms with van der Waals surface area (Å²) in [5.74, 6) is 0. The Balaban J connectivity index is -0.0000000750. The molecule has 0 amide bonds. The second-order valence-corrected chi connectivity index (χ2v) is 0.447. The van der Waals surface area contributed by atoms with E-state index in [1.54, 1.807) is 0 Å². The molecular weight excluding hydrogens is 136 g/mol. The summed E-state index contributed by atoms with van der Waals surface area (Å²) in [4.78, 5) is 4.00. The van der Waals surface area contributed by atoms with Crippen LogP contribution in [0.1, 0.15) is 0 Å². The maximum absolute atomic E-state index is 7.26. The summed E-state index contributed by atoms with van der Waals surface area (Å²) in [5.41, 5.74) is 22.0. The molecule has 0 heterocycles. The molecule has 0 aromatic rings. The van der Waals surface area contributed by atoms with Gasteiger partial charge in [-0.05, 0) is 0 Å². The van der Waals surface area contributed by atoms with Gasteiger partial charge in [0.25, 0.3) is 0 Å². The predicted octanol–water partition coefficient (Wildman–Crippen LogP) is 0.265. The Morgan fingerprint density at radius 3 is 0.900 bits per heavy atom. The van der Waals surface area contributed by atoms with Crippen LogP contribution in [-0.4, -0.2) is 0 Å². The molecule has 0 aromatic heterocycles. The summed E-state index contributed by atoms with van der Waals surface area (Å²) < 4.78 is 0. The van der Waals surface area contributed by atoms with Crippen LogP contribution in [0.4, 0.5) is 0 Å². The number of hydrogen-bond acceptors (Lipinski definition) is 6. The molecule has 8 heteroatoms. The lowest BCUT2D eigenvalue weighted by Crippen LogP contribution is -1.26. The van der Waals surface area contributed by atoms with Crippen molar-refractivity contribution in [2.45, 2.75) is 0 Å². The third-order valence-corrected chi connectivity index (χ3v) is 0.0500. The lowest BCUT2D eigenvalue weighted by Gasteiger charge is -1.16. The minimum absolute atomic E-state index is 1.24. The zero-order valence-corrected chi connectivity index (χ0v) is 4.79. The first-order valence-corrected chi connectivity index (χ1v) is 1.59. The fourth-order valence-corrected chi connectivity index (χ4v) is 0. The van der Waals surface area contributed by atoms with Crippen LogP contribution in [0.5, 0.6) is 0 Å². The molecule has 0 saturated carbocycles. The highest BCUT2D eigenvalue weighted by molar-refractivity contribution is 4.99. The fraction of sp³-hybridized carbons (Fsp3) is 0. The SMILES string of the molecule is N#CC#N.N=[N+]=N.N=[N+]=N. The topological polar surface area (TPSA) is 171 Å². The molecule has 0 radical (unpaired) electrons. The zero-order valence-electron chi connectivity index (χ0n) is 4.79. The van der Waals surface area contributed by atoms with E-state index >= 15 is 0 Å². The minimum Gasteiger partial charge on any atom is -0.181 e. The Bertz CT molecular complexity index is 164. The molecule has 0 aliphatic carbocycles. The highest BCUT2D eigenvalue weighted by Crippen LogP contribution is 1.27. The van der Waals surface area contributed by atoms with E-state index in [0.717, 1.165) is 0 Å². The van der Waals surface area contributed by atoms with Gasteiger partial charge in [0.15, 0.2) is 12.1 Å². The average molecular weight is 140 g/mol. The van der Waals surface area contributed by atoms with E-state index in [2.05, 4.69) is 0 Å². The Kier molecular flexibility index (Phi) is 126. The van der Waals surface area contributed by atoms with Crippen LogP contribution in [0.2, 0.25) is 0 Å². The normalized spacial score (nSPS) is 2.60. The molecule has 0 atom stereocenters. The monoisotopic (exact) mass is 140 g/mol. The number of hydrogen-bond donors (Lipinski definition) is 4. The fourth-order valence-electron chi connectivity index (χ4n) is 0. The van der Waals surface area contributed by atoms with Crippen molar-refractivity contribution in [1.82, 2.24) is 9.82 Å². The minimum atomic E-state index is 1.24. The van der Waals surface area contributed by atoms with Gasteiger partial charge in [-0.2, -0.15) is 10.5 Å². The van der Waals surface area contributed by atoms with Gasteiger partial charge in [-0.3, -0.25) is 0 Å². The van der Waals surface area contributed by atoms with Crippen molar-refractivity contribution >= 4 is 0 Å². The van der Waals surface area contributed by atoms with E-state index < -0.39 is 0 Å². The molecule has 0 aromatic carbocycles. The van der Waals surface area contributed by atoms with Crippen LogP contribution in [0.3, 0.4) is 0 Å². The summed E-state index contributed by atoms with van der Waals surface area (Å²) in [6.07, 6.45) is 0. The van der Waals surface area contributed by atoms with Crippen molar-refractivity contribution in [3.05, 3.63) is 0 Å². The summed E-state index contributed by atoms with van der Waals surface area (Å²) >= 11 is 0. The quantitative estimate of drug-likeness (QED) is 0.279. The molecule has 0 unspecified atom stereocenters. The Hall–Kier alpha value is -2.40. The van der Waals surface area contributed by atoms with Crippen molar-refractivity contribution in [2.24, 2.45) is 0 Å². The molecule has 0 rings (SSSR count). The molecule has 0 aliphatic rings.